The number of nitrogens with zero attached hydrogens (tertiary/aromatic N) is 4. The number of pyridine rings is 1. The molecule has 0 aliphatic carbocycles. The van der Waals surface area contributed by atoms with Gasteiger partial charge in [0.2, 0.25) is 0 Å². The summed E-state index contributed by atoms with van der Waals surface area (Å²) in [6.45, 7) is 2.91. The molecule has 0 spiro atoms. The van der Waals surface area contributed by atoms with Crippen LogP contribution in [-0.4, -0.2) is 39.1 Å². The fraction of sp³-hybridized carbons (Fsp3) is 0.115. The number of aryl methyl sites for hydroxylation is 1. The zero-order valence-corrected chi connectivity index (χ0v) is 19.0. The number of aromatic nitrogens is 4. The molecule has 0 aliphatic heterocycles. The average molecular weight is 466 g/mol. The third-order valence-corrected chi connectivity index (χ3v) is 5.33. The van der Waals surface area contributed by atoms with Crippen molar-refractivity contribution < 1.29 is 9.32 Å². The van der Waals surface area contributed by atoms with Gasteiger partial charge in [-0.15, -0.1) is 0 Å². The summed E-state index contributed by atoms with van der Waals surface area (Å²) in [7, 11) is 0. The van der Waals surface area contributed by atoms with Gasteiger partial charge >= 0.3 is 0 Å². The lowest BCUT2D eigenvalue weighted by Gasteiger charge is -2.09. The molecule has 1 amide bonds. The van der Waals surface area contributed by atoms with Gasteiger partial charge in [0.05, 0.1) is 5.39 Å². The van der Waals surface area contributed by atoms with Crippen molar-refractivity contribution in [1.29, 1.82) is 0 Å². The molecule has 0 saturated heterocycles. The highest BCUT2D eigenvalue weighted by atomic mass is 16.5. The van der Waals surface area contributed by atoms with Crippen molar-refractivity contribution in [3.63, 3.8) is 0 Å². The van der Waals surface area contributed by atoms with Crippen LogP contribution in [0.5, 0.6) is 0 Å². The minimum Gasteiger partial charge on any atom is -0.368 e. The lowest BCUT2D eigenvalue weighted by atomic mass is 10.1. The molecule has 5 aromatic rings. The van der Waals surface area contributed by atoms with E-state index in [-0.39, 0.29) is 5.91 Å². The lowest BCUT2D eigenvalue weighted by molar-refractivity contribution is 0.0955. The molecule has 0 unspecified atom stereocenters. The monoisotopic (exact) mass is 465 g/mol. The van der Waals surface area contributed by atoms with Gasteiger partial charge < -0.3 is 20.5 Å². The number of nitrogens with one attached hydrogen (secondary N) is 3. The number of rotatable bonds is 8. The Morgan fingerprint density at radius 3 is 2.57 bits per heavy atom. The van der Waals surface area contributed by atoms with Crippen molar-refractivity contribution in [2.45, 2.75) is 6.92 Å². The average Bonchev–Trinajstić information content (AvgIpc) is 3.31. The van der Waals surface area contributed by atoms with E-state index in [0.29, 0.717) is 47.4 Å². The smallest absolute Gasteiger partial charge is 0.251 e. The Bertz CT molecular complexity index is 1470. The Hall–Kier alpha value is -4.79. The van der Waals surface area contributed by atoms with Gasteiger partial charge in [0.15, 0.2) is 5.76 Å². The maximum absolute atomic E-state index is 12.7. The van der Waals surface area contributed by atoms with E-state index in [2.05, 4.69) is 36.1 Å². The SMILES string of the molecule is Cc1ccnc(Nc2cc(NCCNC(=O)c3ccc4noc(-c5ccccc5)c4c3)ncn2)c1. The summed E-state index contributed by atoms with van der Waals surface area (Å²) in [4.78, 5) is 25.5. The zero-order valence-electron chi connectivity index (χ0n) is 19.0. The summed E-state index contributed by atoms with van der Waals surface area (Å²) in [5.41, 5.74) is 3.26. The molecule has 0 bridgehead atoms. The molecule has 3 heterocycles. The molecule has 5 rings (SSSR count). The van der Waals surface area contributed by atoms with Crippen LogP contribution in [0.1, 0.15) is 15.9 Å². The molecule has 9 heteroatoms. The van der Waals surface area contributed by atoms with Crippen molar-refractivity contribution >= 4 is 34.3 Å². The van der Waals surface area contributed by atoms with E-state index in [1.165, 1.54) is 6.33 Å². The second kappa shape index (κ2) is 10.0. The summed E-state index contributed by atoms with van der Waals surface area (Å²) in [5.74, 6) is 2.45. The molecule has 0 saturated carbocycles. The van der Waals surface area contributed by atoms with Crippen LogP contribution in [0.2, 0.25) is 0 Å². The van der Waals surface area contributed by atoms with Crippen molar-refractivity contribution in [3.05, 3.63) is 90.4 Å². The van der Waals surface area contributed by atoms with Crippen molar-refractivity contribution in [1.82, 2.24) is 25.4 Å². The Balaban J connectivity index is 1.18. The molecule has 2 aromatic carbocycles. The highest BCUT2D eigenvalue weighted by Crippen LogP contribution is 2.29. The van der Waals surface area contributed by atoms with Gasteiger partial charge in [-0.05, 0) is 42.8 Å². The fourth-order valence-corrected chi connectivity index (χ4v) is 3.61. The molecule has 0 radical (unpaired) electrons. The van der Waals surface area contributed by atoms with Crippen LogP contribution in [0.15, 0.2) is 83.8 Å². The first-order chi connectivity index (χ1) is 17.2. The van der Waals surface area contributed by atoms with Crippen LogP contribution in [0.3, 0.4) is 0 Å². The van der Waals surface area contributed by atoms with Crippen LogP contribution >= 0.6 is 0 Å². The van der Waals surface area contributed by atoms with Gasteiger partial charge in [0.25, 0.3) is 5.91 Å². The first-order valence-electron chi connectivity index (χ1n) is 11.1. The molecule has 174 valence electrons. The quantitative estimate of drug-likeness (QED) is 0.285. The van der Waals surface area contributed by atoms with E-state index in [1.54, 1.807) is 30.5 Å². The Morgan fingerprint density at radius 1 is 0.886 bits per heavy atom. The van der Waals surface area contributed by atoms with E-state index in [4.69, 9.17) is 4.52 Å². The van der Waals surface area contributed by atoms with E-state index < -0.39 is 0 Å². The van der Waals surface area contributed by atoms with Gasteiger partial charge in [-0.25, -0.2) is 15.0 Å². The molecule has 0 atom stereocenters. The molecule has 35 heavy (non-hydrogen) atoms. The number of carbonyl (C=O) groups is 1. The third-order valence-electron chi connectivity index (χ3n) is 5.33. The second-order valence-electron chi connectivity index (χ2n) is 7.92. The highest BCUT2D eigenvalue weighted by Gasteiger charge is 2.13. The molecule has 9 nitrogen and oxygen atoms in total. The van der Waals surface area contributed by atoms with Gasteiger partial charge in [-0.2, -0.15) is 0 Å². The van der Waals surface area contributed by atoms with Gasteiger partial charge in [-0.3, -0.25) is 4.79 Å². The fourth-order valence-electron chi connectivity index (χ4n) is 3.61. The van der Waals surface area contributed by atoms with Crippen LogP contribution in [0.4, 0.5) is 17.5 Å². The van der Waals surface area contributed by atoms with Crippen LogP contribution in [0.25, 0.3) is 22.2 Å². The summed E-state index contributed by atoms with van der Waals surface area (Å²) in [5, 5.41) is 14.2. The standard InChI is InChI=1S/C26H23N7O2/c1-17-9-10-27-23(13-17)32-24-15-22(30-16-31-24)28-11-12-29-26(34)19-7-8-21-20(14-19)25(35-33-21)18-5-3-2-4-6-18/h2-10,13-16H,11-12H2,1H3,(H,29,34)(H2,27,28,30,31,32). The van der Waals surface area contributed by atoms with Crippen LogP contribution in [0, 0.1) is 6.92 Å². The minimum atomic E-state index is -0.176. The topological polar surface area (TPSA) is 118 Å². The Kier molecular flexibility index (Phi) is 6.29. The second-order valence-corrected chi connectivity index (χ2v) is 7.92. The molecule has 0 aliphatic rings. The summed E-state index contributed by atoms with van der Waals surface area (Å²) in [6.07, 6.45) is 3.21. The maximum Gasteiger partial charge on any atom is 0.251 e. The Morgan fingerprint density at radius 2 is 1.71 bits per heavy atom. The summed E-state index contributed by atoms with van der Waals surface area (Å²) in [6, 6.07) is 20.7. The molecular weight excluding hydrogens is 442 g/mol. The van der Waals surface area contributed by atoms with Gasteiger partial charge in [-0.1, -0.05) is 35.5 Å². The Labute approximate surface area is 201 Å². The maximum atomic E-state index is 12.7. The van der Waals surface area contributed by atoms with E-state index >= 15 is 0 Å². The number of amides is 1. The van der Waals surface area contributed by atoms with Crippen LogP contribution < -0.4 is 16.0 Å². The lowest BCUT2D eigenvalue weighted by Crippen LogP contribution is -2.28. The van der Waals surface area contributed by atoms with Crippen molar-refractivity contribution in [2.24, 2.45) is 0 Å². The number of hydrogen-bond acceptors (Lipinski definition) is 8. The minimum absolute atomic E-state index is 0.176. The number of fused-ring (bicyclic) bond motifs is 1. The van der Waals surface area contributed by atoms with Gasteiger partial charge in [0.1, 0.15) is 29.3 Å². The van der Waals surface area contributed by atoms with Crippen molar-refractivity contribution in [3.8, 4) is 11.3 Å². The van der Waals surface area contributed by atoms with Crippen LogP contribution in [-0.2, 0) is 0 Å². The normalized spacial score (nSPS) is 10.8. The summed E-state index contributed by atoms with van der Waals surface area (Å²) >= 11 is 0. The molecule has 3 N–H and O–H groups in total. The number of anilines is 3. The van der Waals surface area contributed by atoms with E-state index in [9.17, 15) is 4.79 Å². The third kappa shape index (κ3) is 5.25. The predicted octanol–water partition coefficient (Wildman–Crippen LogP) is 4.57. The summed E-state index contributed by atoms with van der Waals surface area (Å²) < 4.78 is 5.52. The van der Waals surface area contributed by atoms with E-state index in [1.807, 2.05) is 49.4 Å². The molecule has 3 aromatic heterocycles. The first kappa shape index (κ1) is 22.0. The van der Waals surface area contributed by atoms with Gasteiger partial charge in [0, 0.05) is 36.5 Å². The van der Waals surface area contributed by atoms with E-state index in [0.717, 1.165) is 16.5 Å². The number of hydrogen-bond donors (Lipinski definition) is 3. The number of carbonyl (C=O) groups excluding carboxylic acids is 1. The van der Waals surface area contributed by atoms with Crippen molar-refractivity contribution in [2.75, 3.05) is 23.7 Å². The predicted molar refractivity (Wildman–Crippen MR) is 135 cm³/mol. The molecular formula is C26H23N7O2. The molecule has 0 fully saturated rings. The first-order valence-corrected chi connectivity index (χ1v) is 11.1. The number of benzene rings is 2. The highest BCUT2D eigenvalue weighted by molar-refractivity contribution is 6.01. The largest absolute Gasteiger partial charge is 0.368 e. The zero-order chi connectivity index (χ0) is 24.0.